The molecule has 0 fully saturated rings. The van der Waals surface area contributed by atoms with E-state index in [2.05, 4.69) is 9.24 Å². The lowest BCUT2D eigenvalue weighted by Crippen LogP contribution is -1.78. The molecule has 0 aromatic carbocycles. The van der Waals surface area contributed by atoms with Crippen molar-refractivity contribution in [3.63, 3.8) is 0 Å². The first-order valence-electron chi connectivity index (χ1n) is 2.27. The summed E-state index contributed by atoms with van der Waals surface area (Å²) in [7, 11) is 2.59. The quantitative estimate of drug-likeness (QED) is 0.420. The van der Waals surface area contributed by atoms with Crippen LogP contribution in [0.15, 0.2) is 11.6 Å². The molecule has 42 valence electrons. The van der Waals surface area contributed by atoms with Crippen LogP contribution in [-0.4, -0.2) is 17.9 Å². The Morgan fingerprint density at radius 2 is 2.43 bits per heavy atom. The molecular weight excluding hydrogens is 107 g/mol. The van der Waals surface area contributed by atoms with Gasteiger partial charge in [-0.15, -0.1) is 9.24 Å². The third kappa shape index (κ3) is 3.97. The van der Waals surface area contributed by atoms with Crippen molar-refractivity contribution < 1.29 is 5.11 Å². The van der Waals surface area contributed by atoms with Crippen LogP contribution in [0.1, 0.15) is 6.92 Å². The SMILES string of the molecule is CC(=CCO)CP. The number of aliphatic hydroxyl groups excluding tert-OH is 1. The fourth-order valence-electron chi connectivity index (χ4n) is 0.239. The molecule has 0 aliphatic heterocycles. The van der Waals surface area contributed by atoms with Crippen LogP contribution < -0.4 is 0 Å². The lowest BCUT2D eigenvalue weighted by molar-refractivity contribution is 0.342. The molecule has 0 radical (unpaired) electrons. The fraction of sp³-hybridized carbons (Fsp3) is 0.600. The Kier molecular flexibility index (Phi) is 4.37. The number of aliphatic hydroxyl groups is 1. The van der Waals surface area contributed by atoms with E-state index in [0.29, 0.717) is 0 Å². The van der Waals surface area contributed by atoms with Gasteiger partial charge in [0.25, 0.3) is 0 Å². The van der Waals surface area contributed by atoms with Crippen LogP contribution in [0.4, 0.5) is 0 Å². The first-order chi connectivity index (χ1) is 3.31. The highest BCUT2D eigenvalue weighted by Gasteiger charge is 1.77. The van der Waals surface area contributed by atoms with Crippen molar-refractivity contribution in [2.24, 2.45) is 0 Å². The molecule has 0 aromatic rings. The molecule has 0 bridgehead atoms. The lowest BCUT2D eigenvalue weighted by Gasteiger charge is -1.88. The van der Waals surface area contributed by atoms with Crippen molar-refractivity contribution in [1.29, 1.82) is 0 Å². The molecule has 0 saturated carbocycles. The van der Waals surface area contributed by atoms with Gasteiger partial charge in [-0.3, -0.25) is 0 Å². The topological polar surface area (TPSA) is 20.2 Å². The predicted molar refractivity (Wildman–Crippen MR) is 35.4 cm³/mol. The van der Waals surface area contributed by atoms with Crippen molar-refractivity contribution in [3.05, 3.63) is 11.6 Å². The Balaban J connectivity index is 3.29. The summed E-state index contributed by atoms with van der Waals surface area (Å²) < 4.78 is 0. The molecule has 0 aromatic heterocycles. The largest absolute Gasteiger partial charge is 0.392 e. The van der Waals surface area contributed by atoms with Crippen molar-refractivity contribution >= 4 is 9.24 Å². The van der Waals surface area contributed by atoms with E-state index in [1.807, 2.05) is 6.92 Å². The van der Waals surface area contributed by atoms with Crippen molar-refractivity contribution in [2.75, 3.05) is 12.8 Å². The Morgan fingerprint density at radius 3 is 2.57 bits per heavy atom. The van der Waals surface area contributed by atoms with Crippen LogP contribution >= 0.6 is 9.24 Å². The molecular formula is C5H11OP. The van der Waals surface area contributed by atoms with Crippen LogP contribution in [0.2, 0.25) is 0 Å². The predicted octanol–water partition coefficient (Wildman–Crippen LogP) is 0.800. The van der Waals surface area contributed by atoms with Gasteiger partial charge in [-0.2, -0.15) is 0 Å². The molecule has 0 rings (SSSR count). The summed E-state index contributed by atoms with van der Waals surface area (Å²) in [5, 5.41) is 8.28. The standard InChI is InChI=1S/C5H11OP/c1-5(4-7)2-3-6/h2,6H,3-4,7H2,1H3. The molecule has 0 saturated heterocycles. The maximum Gasteiger partial charge on any atom is 0.0615 e. The van der Waals surface area contributed by atoms with Gasteiger partial charge in [0.2, 0.25) is 0 Å². The summed E-state index contributed by atoms with van der Waals surface area (Å²) in [6.07, 6.45) is 2.76. The molecule has 0 aliphatic rings. The maximum atomic E-state index is 8.28. The molecule has 2 heteroatoms. The maximum absolute atomic E-state index is 8.28. The van der Waals surface area contributed by atoms with Crippen molar-refractivity contribution in [2.45, 2.75) is 6.92 Å². The lowest BCUT2D eigenvalue weighted by atomic mass is 10.3. The van der Waals surface area contributed by atoms with Crippen molar-refractivity contribution in [3.8, 4) is 0 Å². The second-order valence-electron chi connectivity index (χ2n) is 1.44. The molecule has 1 atom stereocenters. The number of rotatable bonds is 2. The van der Waals surface area contributed by atoms with E-state index in [-0.39, 0.29) is 6.61 Å². The van der Waals surface area contributed by atoms with Crippen LogP contribution in [-0.2, 0) is 0 Å². The van der Waals surface area contributed by atoms with Gasteiger partial charge in [-0.25, -0.2) is 0 Å². The fourth-order valence-corrected chi connectivity index (χ4v) is 0.406. The Morgan fingerprint density at radius 1 is 1.86 bits per heavy atom. The number of hydrogen-bond acceptors (Lipinski definition) is 1. The number of hydrogen-bond donors (Lipinski definition) is 1. The Bertz CT molecular complexity index is 68.5. The van der Waals surface area contributed by atoms with Gasteiger partial charge in [0.1, 0.15) is 0 Å². The van der Waals surface area contributed by atoms with Gasteiger partial charge >= 0.3 is 0 Å². The van der Waals surface area contributed by atoms with Crippen LogP contribution in [0.5, 0.6) is 0 Å². The monoisotopic (exact) mass is 118 g/mol. The molecule has 1 unspecified atom stereocenters. The third-order valence-electron chi connectivity index (χ3n) is 0.762. The minimum absolute atomic E-state index is 0.167. The molecule has 0 aliphatic carbocycles. The highest BCUT2D eigenvalue weighted by molar-refractivity contribution is 7.16. The van der Waals surface area contributed by atoms with Crippen molar-refractivity contribution in [1.82, 2.24) is 0 Å². The first kappa shape index (κ1) is 7.13. The van der Waals surface area contributed by atoms with E-state index in [1.165, 1.54) is 5.57 Å². The minimum atomic E-state index is 0.167. The number of allylic oxidation sites excluding steroid dienone is 1. The summed E-state index contributed by atoms with van der Waals surface area (Å²) in [6, 6.07) is 0. The zero-order valence-corrected chi connectivity index (χ0v) is 5.67. The molecule has 1 N–H and O–H groups in total. The third-order valence-corrected chi connectivity index (χ3v) is 1.41. The van der Waals surface area contributed by atoms with Gasteiger partial charge in [0, 0.05) is 0 Å². The molecule has 0 heterocycles. The zero-order valence-electron chi connectivity index (χ0n) is 4.52. The average Bonchev–Trinajstić information content (AvgIpc) is 1.68. The van der Waals surface area contributed by atoms with E-state index in [4.69, 9.17) is 5.11 Å². The first-order valence-corrected chi connectivity index (χ1v) is 3.09. The van der Waals surface area contributed by atoms with E-state index in [0.717, 1.165) is 6.16 Å². The molecule has 1 nitrogen and oxygen atoms in total. The molecule has 7 heavy (non-hydrogen) atoms. The van der Waals surface area contributed by atoms with Crippen LogP contribution in [0, 0.1) is 0 Å². The van der Waals surface area contributed by atoms with Gasteiger partial charge in [0.05, 0.1) is 6.61 Å². The van der Waals surface area contributed by atoms with Gasteiger partial charge in [0.15, 0.2) is 0 Å². The normalized spacial score (nSPS) is 12.1. The summed E-state index contributed by atoms with van der Waals surface area (Å²) in [6.45, 7) is 2.16. The molecule has 0 amide bonds. The Hall–Kier alpha value is 0.130. The average molecular weight is 118 g/mol. The van der Waals surface area contributed by atoms with E-state index >= 15 is 0 Å². The van der Waals surface area contributed by atoms with E-state index in [1.54, 1.807) is 6.08 Å². The van der Waals surface area contributed by atoms with E-state index < -0.39 is 0 Å². The summed E-state index contributed by atoms with van der Waals surface area (Å²) in [5.41, 5.74) is 1.22. The van der Waals surface area contributed by atoms with Crippen LogP contribution in [0.25, 0.3) is 0 Å². The smallest absolute Gasteiger partial charge is 0.0615 e. The Labute approximate surface area is 46.6 Å². The summed E-state index contributed by atoms with van der Waals surface area (Å²) in [4.78, 5) is 0. The second kappa shape index (κ2) is 4.29. The van der Waals surface area contributed by atoms with Gasteiger partial charge < -0.3 is 5.11 Å². The summed E-state index contributed by atoms with van der Waals surface area (Å²) >= 11 is 0. The van der Waals surface area contributed by atoms with E-state index in [9.17, 15) is 0 Å². The minimum Gasteiger partial charge on any atom is -0.392 e. The second-order valence-corrected chi connectivity index (χ2v) is 1.85. The van der Waals surface area contributed by atoms with Gasteiger partial charge in [-0.1, -0.05) is 11.6 Å². The van der Waals surface area contributed by atoms with Gasteiger partial charge in [-0.05, 0) is 13.1 Å². The highest BCUT2D eigenvalue weighted by Crippen LogP contribution is 1.95. The molecule has 0 spiro atoms. The zero-order chi connectivity index (χ0) is 5.70. The summed E-state index contributed by atoms with van der Waals surface area (Å²) in [5.74, 6) is 0. The van der Waals surface area contributed by atoms with Crippen LogP contribution in [0.3, 0.4) is 0 Å². The highest BCUT2D eigenvalue weighted by atomic mass is 31.0.